The highest BCUT2D eigenvalue weighted by atomic mass is 35.5. The Balaban J connectivity index is 1.79. The van der Waals surface area contributed by atoms with E-state index in [9.17, 15) is 4.39 Å². The van der Waals surface area contributed by atoms with Crippen molar-refractivity contribution in [1.82, 2.24) is 9.78 Å². The molecule has 0 saturated heterocycles. The first-order chi connectivity index (χ1) is 12.1. The first-order valence-electron chi connectivity index (χ1n) is 9.23. The molecule has 1 aliphatic rings. The SMILES string of the molecule is CCCc1cc(OCc2cc(Cl)ccc2F)n(C(C)C2CCCC2)n1. The second-order valence-corrected chi connectivity index (χ2v) is 7.41. The number of hydrogen-bond donors (Lipinski definition) is 0. The van der Waals surface area contributed by atoms with Crippen LogP contribution in [0.15, 0.2) is 24.3 Å². The highest BCUT2D eigenvalue weighted by Crippen LogP contribution is 2.36. The third kappa shape index (κ3) is 4.35. The molecule has 1 atom stereocenters. The third-order valence-electron chi connectivity index (χ3n) is 5.11. The van der Waals surface area contributed by atoms with Crippen molar-refractivity contribution in [2.24, 2.45) is 5.92 Å². The van der Waals surface area contributed by atoms with Gasteiger partial charge in [-0.3, -0.25) is 0 Å². The van der Waals surface area contributed by atoms with E-state index in [1.54, 1.807) is 12.1 Å². The number of nitrogens with zero attached hydrogens (tertiary/aromatic N) is 2. The van der Waals surface area contributed by atoms with Crippen molar-refractivity contribution in [3.8, 4) is 5.88 Å². The molecule has 0 N–H and O–H groups in total. The summed E-state index contributed by atoms with van der Waals surface area (Å²) in [5.41, 5.74) is 1.50. The van der Waals surface area contributed by atoms with Crippen LogP contribution in [-0.4, -0.2) is 9.78 Å². The Bertz CT molecular complexity index is 710. The molecule has 1 aliphatic carbocycles. The minimum Gasteiger partial charge on any atom is -0.473 e. The van der Waals surface area contributed by atoms with E-state index in [-0.39, 0.29) is 12.4 Å². The maximum absolute atomic E-state index is 13.9. The zero-order valence-corrected chi connectivity index (χ0v) is 15.7. The fourth-order valence-corrected chi connectivity index (χ4v) is 3.84. The standard InChI is InChI=1S/C20H26ClFN2O/c1-3-6-18-12-20(24(23-18)14(2)15-7-4-5-8-15)25-13-16-11-17(21)9-10-19(16)22/h9-12,14-15H,3-8,13H2,1-2H3. The summed E-state index contributed by atoms with van der Waals surface area (Å²) in [6.07, 6.45) is 7.03. The van der Waals surface area contributed by atoms with E-state index in [4.69, 9.17) is 21.4 Å². The molecule has 25 heavy (non-hydrogen) atoms. The summed E-state index contributed by atoms with van der Waals surface area (Å²) in [4.78, 5) is 0. The monoisotopic (exact) mass is 364 g/mol. The average molecular weight is 365 g/mol. The molecule has 1 aromatic heterocycles. The molecule has 1 saturated carbocycles. The lowest BCUT2D eigenvalue weighted by Gasteiger charge is -2.21. The predicted octanol–water partition coefficient (Wildman–Crippen LogP) is 5.96. The minimum atomic E-state index is -0.298. The summed E-state index contributed by atoms with van der Waals surface area (Å²) in [5.74, 6) is 1.06. The van der Waals surface area contributed by atoms with Crippen LogP contribution >= 0.6 is 11.6 Å². The Morgan fingerprint density at radius 2 is 2.08 bits per heavy atom. The van der Waals surface area contributed by atoms with Gasteiger partial charge in [-0.1, -0.05) is 37.8 Å². The highest BCUT2D eigenvalue weighted by Gasteiger charge is 2.26. The topological polar surface area (TPSA) is 27.1 Å². The zero-order chi connectivity index (χ0) is 17.8. The summed E-state index contributed by atoms with van der Waals surface area (Å²) in [7, 11) is 0. The fourth-order valence-electron chi connectivity index (χ4n) is 3.65. The van der Waals surface area contributed by atoms with E-state index < -0.39 is 0 Å². The van der Waals surface area contributed by atoms with Crippen LogP contribution in [0.4, 0.5) is 4.39 Å². The smallest absolute Gasteiger partial charge is 0.212 e. The van der Waals surface area contributed by atoms with Gasteiger partial charge in [0.25, 0.3) is 0 Å². The summed E-state index contributed by atoms with van der Waals surface area (Å²) < 4.78 is 21.9. The zero-order valence-electron chi connectivity index (χ0n) is 15.0. The van der Waals surface area contributed by atoms with E-state index in [1.165, 1.54) is 31.7 Å². The molecule has 1 fully saturated rings. The van der Waals surface area contributed by atoms with Gasteiger partial charge in [0.15, 0.2) is 0 Å². The highest BCUT2D eigenvalue weighted by molar-refractivity contribution is 6.30. The van der Waals surface area contributed by atoms with Crippen molar-refractivity contribution in [3.05, 3.63) is 46.4 Å². The van der Waals surface area contributed by atoms with Crippen molar-refractivity contribution in [1.29, 1.82) is 0 Å². The van der Waals surface area contributed by atoms with Crippen molar-refractivity contribution < 1.29 is 9.13 Å². The van der Waals surface area contributed by atoms with Crippen LogP contribution in [0.2, 0.25) is 5.02 Å². The second kappa shape index (κ2) is 8.22. The lowest BCUT2D eigenvalue weighted by atomic mass is 10.0. The molecular formula is C20H26ClFN2O. The largest absolute Gasteiger partial charge is 0.473 e. The van der Waals surface area contributed by atoms with E-state index >= 15 is 0 Å². The molecule has 3 nitrogen and oxygen atoms in total. The number of benzene rings is 1. The molecule has 3 rings (SSSR count). The van der Waals surface area contributed by atoms with Gasteiger partial charge < -0.3 is 4.74 Å². The lowest BCUT2D eigenvalue weighted by molar-refractivity contribution is 0.235. The molecule has 1 unspecified atom stereocenters. The molecule has 1 aromatic carbocycles. The molecule has 0 radical (unpaired) electrons. The molecule has 5 heteroatoms. The van der Waals surface area contributed by atoms with Crippen molar-refractivity contribution >= 4 is 11.6 Å². The molecule has 0 bridgehead atoms. The van der Waals surface area contributed by atoms with Crippen molar-refractivity contribution in [2.75, 3.05) is 0 Å². The summed E-state index contributed by atoms with van der Waals surface area (Å²) in [5, 5.41) is 5.28. The Hall–Kier alpha value is -1.55. The number of aromatic nitrogens is 2. The van der Waals surface area contributed by atoms with Gasteiger partial charge in [0.1, 0.15) is 12.4 Å². The average Bonchev–Trinajstić information content (AvgIpc) is 3.25. The van der Waals surface area contributed by atoms with Crippen LogP contribution in [0, 0.1) is 11.7 Å². The Morgan fingerprint density at radius 1 is 1.32 bits per heavy atom. The number of halogens is 2. The minimum absolute atomic E-state index is 0.154. The second-order valence-electron chi connectivity index (χ2n) is 6.98. The summed E-state index contributed by atoms with van der Waals surface area (Å²) >= 11 is 5.97. The van der Waals surface area contributed by atoms with Gasteiger partial charge in [0.2, 0.25) is 5.88 Å². The third-order valence-corrected chi connectivity index (χ3v) is 5.34. The molecule has 2 aromatic rings. The van der Waals surface area contributed by atoms with Crippen molar-refractivity contribution in [3.63, 3.8) is 0 Å². The maximum Gasteiger partial charge on any atom is 0.212 e. The number of hydrogen-bond acceptors (Lipinski definition) is 2. The quantitative estimate of drug-likeness (QED) is 0.606. The van der Waals surface area contributed by atoms with E-state index in [0.29, 0.717) is 22.5 Å². The van der Waals surface area contributed by atoms with Gasteiger partial charge in [0, 0.05) is 16.7 Å². The first-order valence-corrected chi connectivity index (χ1v) is 9.61. The van der Waals surface area contributed by atoms with Crippen LogP contribution in [0.1, 0.15) is 63.3 Å². The van der Waals surface area contributed by atoms with Gasteiger partial charge in [-0.15, -0.1) is 0 Å². The summed E-state index contributed by atoms with van der Waals surface area (Å²) in [6.45, 7) is 4.51. The van der Waals surface area contributed by atoms with Gasteiger partial charge >= 0.3 is 0 Å². The van der Waals surface area contributed by atoms with Crippen LogP contribution in [0.5, 0.6) is 5.88 Å². The van der Waals surface area contributed by atoms with E-state index in [2.05, 4.69) is 13.8 Å². The molecule has 0 amide bonds. The molecule has 1 heterocycles. The Kier molecular flexibility index (Phi) is 6.00. The first kappa shape index (κ1) is 18.2. The Morgan fingerprint density at radius 3 is 2.80 bits per heavy atom. The van der Waals surface area contributed by atoms with Gasteiger partial charge in [-0.2, -0.15) is 5.10 Å². The molecule has 136 valence electrons. The van der Waals surface area contributed by atoms with Gasteiger partial charge in [-0.25, -0.2) is 9.07 Å². The number of aryl methyl sites for hydroxylation is 1. The molecular weight excluding hydrogens is 339 g/mol. The van der Waals surface area contributed by atoms with E-state index in [0.717, 1.165) is 24.4 Å². The lowest BCUT2D eigenvalue weighted by Crippen LogP contribution is -2.17. The van der Waals surface area contributed by atoms with Crippen LogP contribution in [0.25, 0.3) is 0 Å². The van der Waals surface area contributed by atoms with Gasteiger partial charge in [-0.05, 0) is 50.3 Å². The van der Waals surface area contributed by atoms with Crippen LogP contribution < -0.4 is 4.74 Å². The maximum atomic E-state index is 13.9. The molecule has 0 spiro atoms. The molecule has 0 aliphatic heterocycles. The fraction of sp³-hybridized carbons (Fsp3) is 0.550. The van der Waals surface area contributed by atoms with E-state index in [1.807, 2.05) is 10.7 Å². The Labute approximate surface area is 154 Å². The van der Waals surface area contributed by atoms with Crippen molar-refractivity contribution in [2.45, 2.75) is 65.0 Å². The normalized spacial score (nSPS) is 16.3. The predicted molar refractivity (Wildman–Crippen MR) is 98.6 cm³/mol. The number of ether oxygens (including phenoxy) is 1. The number of rotatable bonds is 7. The van der Waals surface area contributed by atoms with Crippen LogP contribution in [-0.2, 0) is 13.0 Å². The summed E-state index contributed by atoms with van der Waals surface area (Å²) in [6, 6.07) is 6.84. The van der Waals surface area contributed by atoms with Crippen LogP contribution in [0.3, 0.4) is 0 Å². The van der Waals surface area contributed by atoms with Gasteiger partial charge in [0.05, 0.1) is 11.7 Å².